The van der Waals surface area contributed by atoms with Gasteiger partial charge in [0.25, 0.3) is 0 Å². The number of fused-ring (bicyclic) bond motifs is 2. The lowest BCUT2D eigenvalue weighted by Crippen LogP contribution is -2.24. The maximum atomic E-state index is 2.65. The summed E-state index contributed by atoms with van der Waals surface area (Å²) >= 11 is 0. The Hall–Kier alpha value is -1.86. The normalized spacial score (nSPS) is 16.9. The van der Waals surface area contributed by atoms with Crippen molar-refractivity contribution in [3.63, 3.8) is 0 Å². The van der Waals surface area contributed by atoms with E-state index < -0.39 is 0 Å². The quantitative estimate of drug-likeness (QED) is 0.573. The minimum Gasteiger partial charge on any atom is -0.299 e. The van der Waals surface area contributed by atoms with Crippen molar-refractivity contribution in [2.45, 2.75) is 32.2 Å². The van der Waals surface area contributed by atoms with Gasteiger partial charge in [0.1, 0.15) is 0 Å². The third-order valence-corrected chi connectivity index (χ3v) is 4.96. The lowest BCUT2D eigenvalue weighted by molar-refractivity contribution is 0.279. The van der Waals surface area contributed by atoms with Gasteiger partial charge in [-0.15, -0.1) is 0 Å². The molecule has 1 saturated heterocycles. The molecular formula is C21H23N. The molecule has 1 aliphatic rings. The predicted octanol–water partition coefficient (Wildman–Crippen LogP) is 5.37. The Balaban J connectivity index is 1.84. The summed E-state index contributed by atoms with van der Waals surface area (Å²) in [5.74, 6) is 0. The maximum absolute atomic E-state index is 2.65. The SMILES string of the molecule is c1ccc2c(CN3CCCCCC3)c3ccccc3cc2c1. The summed E-state index contributed by atoms with van der Waals surface area (Å²) in [7, 11) is 0. The van der Waals surface area contributed by atoms with Crippen LogP contribution in [-0.2, 0) is 6.54 Å². The Bertz CT molecular complexity index is 728. The first-order chi connectivity index (χ1) is 10.9. The van der Waals surface area contributed by atoms with Crippen LogP contribution in [-0.4, -0.2) is 18.0 Å². The van der Waals surface area contributed by atoms with Gasteiger partial charge >= 0.3 is 0 Å². The van der Waals surface area contributed by atoms with Crippen LogP contribution in [0.15, 0.2) is 54.6 Å². The molecular weight excluding hydrogens is 266 g/mol. The molecule has 0 aliphatic carbocycles. The van der Waals surface area contributed by atoms with E-state index in [1.807, 2.05) is 0 Å². The molecule has 0 amide bonds. The van der Waals surface area contributed by atoms with E-state index in [1.54, 1.807) is 0 Å². The van der Waals surface area contributed by atoms with Gasteiger partial charge in [-0.25, -0.2) is 0 Å². The van der Waals surface area contributed by atoms with Crippen molar-refractivity contribution < 1.29 is 0 Å². The van der Waals surface area contributed by atoms with E-state index >= 15 is 0 Å². The van der Waals surface area contributed by atoms with Gasteiger partial charge in [-0.1, -0.05) is 61.4 Å². The van der Waals surface area contributed by atoms with Crippen molar-refractivity contribution in [3.05, 3.63) is 60.2 Å². The van der Waals surface area contributed by atoms with Crippen molar-refractivity contribution in [3.8, 4) is 0 Å². The summed E-state index contributed by atoms with van der Waals surface area (Å²) in [5.41, 5.74) is 1.51. The summed E-state index contributed by atoms with van der Waals surface area (Å²) in [6, 6.07) is 20.0. The van der Waals surface area contributed by atoms with Crippen LogP contribution in [0, 0.1) is 0 Å². The van der Waals surface area contributed by atoms with Crippen LogP contribution in [0.5, 0.6) is 0 Å². The average molecular weight is 289 g/mol. The zero-order valence-corrected chi connectivity index (χ0v) is 13.1. The molecule has 0 aromatic heterocycles. The third kappa shape index (κ3) is 2.62. The number of nitrogens with zero attached hydrogens (tertiary/aromatic N) is 1. The summed E-state index contributed by atoms with van der Waals surface area (Å²) in [6.45, 7) is 3.58. The first-order valence-corrected chi connectivity index (χ1v) is 8.53. The van der Waals surface area contributed by atoms with E-state index in [2.05, 4.69) is 59.5 Å². The smallest absolute Gasteiger partial charge is 0.0246 e. The number of hydrogen-bond donors (Lipinski definition) is 0. The van der Waals surface area contributed by atoms with E-state index in [1.165, 1.54) is 65.9 Å². The van der Waals surface area contributed by atoms with Gasteiger partial charge in [0.05, 0.1) is 0 Å². The second-order valence-corrected chi connectivity index (χ2v) is 6.49. The molecule has 0 bridgehead atoms. The molecule has 0 unspecified atom stereocenters. The Morgan fingerprint density at radius 2 is 1.23 bits per heavy atom. The average Bonchev–Trinajstić information content (AvgIpc) is 2.83. The van der Waals surface area contributed by atoms with Crippen LogP contribution < -0.4 is 0 Å². The molecule has 0 N–H and O–H groups in total. The van der Waals surface area contributed by atoms with Crippen molar-refractivity contribution in [2.24, 2.45) is 0 Å². The number of benzene rings is 3. The van der Waals surface area contributed by atoms with Gasteiger partial charge in [0.15, 0.2) is 0 Å². The number of hydrogen-bond acceptors (Lipinski definition) is 1. The maximum Gasteiger partial charge on any atom is 0.0246 e. The first-order valence-electron chi connectivity index (χ1n) is 8.53. The second-order valence-electron chi connectivity index (χ2n) is 6.49. The molecule has 0 atom stereocenters. The zero-order chi connectivity index (χ0) is 14.8. The van der Waals surface area contributed by atoms with Crippen LogP contribution in [0.3, 0.4) is 0 Å². The Labute approximate surface area is 132 Å². The molecule has 1 nitrogen and oxygen atoms in total. The molecule has 0 radical (unpaired) electrons. The van der Waals surface area contributed by atoms with Crippen LogP contribution in [0.4, 0.5) is 0 Å². The van der Waals surface area contributed by atoms with Crippen LogP contribution >= 0.6 is 0 Å². The molecule has 3 aromatic rings. The molecule has 1 fully saturated rings. The number of likely N-dealkylation sites (tertiary alicyclic amines) is 1. The lowest BCUT2D eigenvalue weighted by atomic mass is 9.96. The standard InChI is InChI=1S/C21H23N/c1-2-8-14-22(13-7-1)16-21-19-11-5-3-9-17(19)15-18-10-4-6-12-20(18)21/h3-6,9-12,15H,1-2,7-8,13-14,16H2. The van der Waals surface area contributed by atoms with Gasteiger partial charge in [-0.3, -0.25) is 4.90 Å². The Morgan fingerprint density at radius 3 is 1.82 bits per heavy atom. The highest BCUT2D eigenvalue weighted by Crippen LogP contribution is 2.30. The Morgan fingerprint density at radius 1 is 0.682 bits per heavy atom. The molecule has 1 heteroatoms. The van der Waals surface area contributed by atoms with Gasteiger partial charge in [0, 0.05) is 6.54 Å². The van der Waals surface area contributed by atoms with Crippen molar-refractivity contribution in [2.75, 3.05) is 13.1 Å². The van der Waals surface area contributed by atoms with Crippen molar-refractivity contribution in [1.29, 1.82) is 0 Å². The fraction of sp³-hybridized carbons (Fsp3) is 0.333. The molecule has 3 aromatic carbocycles. The Kier molecular flexibility index (Phi) is 3.82. The summed E-state index contributed by atoms with van der Waals surface area (Å²) < 4.78 is 0. The second kappa shape index (κ2) is 6.10. The fourth-order valence-corrected chi connectivity index (χ4v) is 3.80. The van der Waals surface area contributed by atoms with E-state index in [9.17, 15) is 0 Å². The molecule has 22 heavy (non-hydrogen) atoms. The summed E-state index contributed by atoms with van der Waals surface area (Å²) in [6.07, 6.45) is 5.49. The fourth-order valence-electron chi connectivity index (χ4n) is 3.80. The topological polar surface area (TPSA) is 3.24 Å². The molecule has 0 spiro atoms. The number of rotatable bonds is 2. The monoisotopic (exact) mass is 289 g/mol. The molecule has 4 rings (SSSR count). The first kappa shape index (κ1) is 13.8. The van der Waals surface area contributed by atoms with E-state index in [-0.39, 0.29) is 0 Å². The molecule has 1 aliphatic heterocycles. The summed E-state index contributed by atoms with van der Waals surface area (Å²) in [5, 5.41) is 5.58. The highest BCUT2D eigenvalue weighted by atomic mass is 15.1. The van der Waals surface area contributed by atoms with Gasteiger partial charge in [0.2, 0.25) is 0 Å². The molecule has 112 valence electrons. The van der Waals surface area contributed by atoms with E-state index in [4.69, 9.17) is 0 Å². The van der Waals surface area contributed by atoms with Gasteiger partial charge < -0.3 is 0 Å². The van der Waals surface area contributed by atoms with Crippen LogP contribution in [0.25, 0.3) is 21.5 Å². The van der Waals surface area contributed by atoms with Crippen LogP contribution in [0.2, 0.25) is 0 Å². The lowest BCUT2D eigenvalue weighted by Gasteiger charge is -2.22. The minimum absolute atomic E-state index is 1.09. The van der Waals surface area contributed by atoms with Crippen molar-refractivity contribution >= 4 is 21.5 Å². The van der Waals surface area contributed by atoms with Gasteiger partial charge in [-0.2, -0.15) is 0 Å². The van der Waals surface area contributed by atoms with Crippen LogP contribution in [0.1, 0.15) is 31.2 Å². The predicted molar refractivity (Wildman–Crippen MR) is 95.2 cm³/mol. The summed E-state index contributed by atoms with van der Waals surface area (Å²) in [4.78, 5) is 2.65. The third-order valence-electron chi connectivity index (χ3n) is 4.96. The minimum atomic E-state index is 1.09. The molecule has 1 heterocycles. The van der Waals surface area contributed by atoms with E-state index in [0.717, 1.165) is 6.54 Å². The van der Waals surface area contributed by atoms with Gasteiger partial charge in [-0.05, 0) is 59.1 Å². The van der Waals surface area contributed by atoms with E-state index in [0.29, 0.717) is 0 Å². The zero-order valence-electron chi connectivity index (χ0n) is 13.1. The highest BCUT2D eigenvalue weighted by molar-refractivity contribution is 6.02. The van der Waals surface area contributed by atoms with Crippen molar-refractivity contribution in [1.82, 2.24) is 4.90 Å². The largest absolute Gasteiger partial charge is 0.299 e. The highest BCUT2D eigenvalue weighted by Gasteiger charge is 2.13. The molecule has 0 saturated carbocycles.